The number of aromatic hydroxyl groups is 1. The van der Waals surface area contributed by atoms with Gasteiger partial charge in [-0.05, 0) is 30.3 Å². The van der Waals surface area contributed by atoms with E-state index in [9.17, 15) is 24.9 Å². The van der Waals surface area contributed by atoms with Crippen molar-refractivity contribution in [3.8, 4) is 5.75 Å². The normalized spacial score (nSPS) is 14.5. The Bertz CT molecular complexity index is 1160. The fraction of sp³-hybridized carbons (Fsp3) is 0. The Balaban J connectivity index is 1.97. The Hall–Kier alpha value is -4.01. The number of imidazole rings is 1. The number of carboxylic acids is 2. The minimum absolute atomic E-state index is 0.0141. The van der Waals surface area contributed by atoms with Crippen LogP contribution in [0.4, 0.5) is 5.69 Å². The molecule has 1 aliphatic rings. The van der Waals surface area contributed by atoms with Crippen molar-refractivity contribution in [2.75, 3.05) is 0 Å². The molecule has 9 heteroatoms. The molecule has 4 rings (SSSR count). The number of fused-ring (bicyclic) bond motifs is 3. The van der Waals surface area contributed by atoms with Gasteiger partial charge >= 0.3 is 11.9 Å². The zero-order valence-electron chi connectivity index (χ0n) is 13.0. The summed E-state index contributed by atoms with van der Waals surface area (Å²) in [6.45, 7) is 0. The Morgan fingerprint density at radius 3 is 2.54 bits per heavy atom. The van der Waals surface area contributed by atoms with Gasteiger partial charge in [-0.3, -0.25) is 0 Å². The maximum absolute atomic E-state index is 11.6. The van der Waals surface area contributed by atoms with Gasteiger partial charge in [0, 0.05) is 0 Å². The average Bonchev–Trinajstić information content (AvgIpc) is 3.13. The second-order valence-electron chi connectivity index (χ2n) is 5.46. The summed E-state index contributed by atoms with van der Waals surface area (Å²) in [6, 6.07) is 10.6. The van der Waals surface area contributed by atoms with E-state index in [1.54, 1.807) is 24.3 Å². The maximum atomic E-state index is 11.6. The molecule has 0 fully saturated rings. The number of aromatic carboxylic acids is 1. The highest BCUT2D eigenvalue weighted by atomic mass is 16.4. The average molecular weight is 350 g/mol. The highest BCUT2D eigenvalue weighted by Crippen LogP contribution is 2.27. The number of hydrogen-bond acceptors (Lipinski definition) is 6. The van der Waals surface area contributed by atoms with Gasteiger partial charge in [0.1, 0.15) is 11.5 Å². The molecule has 26 heavy (non-hydrogen) atoms. The van der Waals surface area contributed by atoms with Crippen LogP contribution in [0.5, 0.6) is 5.75 Å². The number of aliphatic carboxylic acids is 1. The van der Waals surface area contributed by atoms with Crippen LogP contribution in [0.2, 0.25) is 0 Å². The van der Waals surface area contributed by atoms with E-state index >= 15 is 0 Å². The first-order chi connectivity index (χ1) is 12.5. The van der Waals surface area contributed by atoms with E-state index in [0.29, 0.717) is 11.0 Å². The number of carbonyl (C=O) groups is 2. The Kier molecular flexibility index (Phi) is 3.29. The van der Waals surface area contributed by atoms with E-state index in [-0.39, 0.29) is 34.2 Å². The second kappa shape index (κ2) is 5.52. The number of para-hydroxylation sites is 2. The van der Waals surface area contributed by atoms with Crippen molar-refractivity contribution in [2.45, 2.75) is 0 Å². The van der Waals surface area contributed by atoms with Crippen molar-refractivity contribution in [1.29, 1.82) is 0 Å². The molecule has 2 aromatic carbocycles. The molecule has 0 saturated heterocycles. The van der Waals surface area contributed by atoms with Gasteiger partial charge in [-0.25, -0.2) is 24.2 Å². The summed E-state index contributed by atoms with van der Waals surface area (Å²) >= 11 is 0. The number of aromatic nitrogens is 2. The van der Waals surface area contributed by atoms with Crippen LogP contribution in [0.1, 0.15) is 16.2 Å². The molecule has 0 spiro atoms. The zero-order chi connectivity index (χ0) is 18.4. The van der Waals surface area contributed by atoms with Crippen molar-refractivity contribution in [2.24, 2.45) is 10.1 Å². The summed E-state index contributed by atoms with van der Waals surface area (Å²) in [4.78, 5) is 31.5. The van der Waals surface area contributed by atoms with Crippen molar-refractivity contribution in [3.63, 3.8) is 0 Å². The fourth-order valence-corrected chi connectivity index (χ4v) is 2.68. The zero-order valence-corrected chi connectivity index (χ0v) is 13.0. The number of rotatable bonds is 3. The third kappa shape index (κ3) is 2.30. The van der Waals surface area contributed by atoms with E-state index in [0.717, 1.165) is 6.07 Å². The molecular formula is C17H10N4O5. The Labute approximate surface area is 145 Å². The molecule has 0 unspecified atom stereocenters. The predicted octanol–water partition coefficient (Wildman–Crippen LogP) is 1.86. The lowest BCUT2D eigenvalue weighted by Crippen LogP contribution is -2.21. The molecule has 0 radical (unpaired) electrons. The molecule has 0 saturated carbocycles. The summed E-state index contributed by atoms with van der Waals surface area (Å²) in [5, 5.41) is 32.3. The van der Waals surface area contributed by atoms with Crippen LogP contribution in [0, 0.1) is 0 Å². The van der Waals surface area contributed by atoms with Gasteiger partial charge in [-0.1, -0.05) is 12.1 Å². The minimum Gasteiger partial charge on any atom is -0.508 e. The number of carboxylic acid groups (broad SMARTS) is 2. The monoisotopic (exact) mass is 350 g/mol. The lowest BCUT2D eigenvalue weighted by atomic mass is 10.1. The largest absolute Gasteiger partial charge is 0.508 e. The second-order valence-corrected chi connectivity index (χ2v) is 5.46. The van der Waals surface area contributed by atoms with Crippen molar-refractivity contribution in [1.82, 2.24) is 9.66 Å². The topological polar surface area (TPSA) is 137 Å². The van der Waals surface area contributed by atoms with Crippen LogP contribution in [0.15, 0.2) is 52.6 Å². The van der Waals surface area contributed by atoms with E-state index in [1.165, 1.54) is 16.8 Å². The highest BCUT2D eigenvalue weighted by Gasteiger charge is 2.32. The summed E-state index contributed by atoms with van der Waals surface area (Å²) in [6.07, 6.45) is 0. The lowest BCUT2D eigenvalue weighted by molar-refractivity contribution is -0.129. The molecular weight excluding hydrogens is 340 g/mol. The first-order valence-corrected chi connectivity index (χ1v) is 7.41. The summed E-state index contributed by atoms with van der Waals surface area (Å²) in [5.41, 5.74) is 0.532. The molecule has 0 amide bonds. The van der Waals surface area contributed by atoms with Gasteiger partial charge in [0.05, 0.1) is 22.3 Å². The number of benzene rings is 2. The third-order valence-corrected chi connectivity index (χ3v) is 3.82. The number of phenolic OH excluding ortho intramolecular Hbond substituents is 1. The molecule has 2 heterocycles. The van der Waals surface area contributed by atoms with E-state index in [2.05, 4.69) is 15.1 Å². The molecule has 9 nitrogen and oxygen atoms in total. The third-order valence-electron chi connectivity index (χ3n) is 3.82. The van der Waals surface area contributed by atoms with Gasteiger partial charge in [0.25, 0.3) is 0 Å². The number of nitrogens with zero attached hydrogens (tertiary/aromatic N) is 4. The summed E-state index contributed by atoms with van der Waals surface area (Å²) in [5.74, 6) is -2.65. The minimum atomic E-state index is -1.31. The lowest BCUT2D eigenvalue weighted by Gasteiger charge is -2.03. The summed E-state index contributed by atoms with van der Waals surface area (Å²) < 4.78 is 1.36. The van der Waals surface area contributed by atoms with E-state index in [1.807, 2.05) is 0 Å². The van der Waals surface area contributed by atoms with Crippen LogP contribution in [-0.4, -0.2) is 48.3 Å². The van der Waals surface area contributed by atoms with Gasteiger partial charge < -0.3 is 15.3 Å². The molecule has 0 bridgehead atoms. The van der Waals surface area contributed by atoms with Gasteiger partial charge in [0.15, 0.2) is 11.5 Å². The van der Waals surface area contributed by atoms with Crippen LogP contribution < -0.4 is 0 Å². The van der Waals surface area contributed by atoms with Crippen LogP contribution >= 0.6 is 0 Å². The van der Waals surface area contributed by atoms with Crippen molar-refractivity contribution < 1.29 is 24.9 Å². The predicted molar refractivity (Wildman–Crippen MR) is 91.5 cm³/mol. The Morgan fingerprint density at radius 1 is 1.04 bits per heavy atom. The number of phenols is 1. The van der Waals surface area contributed by atoms with Crippen LogP contribution in [0.3, 0.4) is 0 Å². The molecule has 128 valence electrons. The number of hydrogen-bond donors (Lipinski definition) is 3. The SMILES string of the molecule is O=C(O)C1=Nn2c(nc3ccccc32)C1=Nc1ccc(O)cc1C(=O)O. The quantitative estimate of drug-likeness (QED) is 0.659. The van der Waals surface area contributed by atoms with Crippen LogP contribution in [0.25, 0.3) is 11.0 Å². The van der Waals surface area contributed by atoms with Gasteiger partial charge in [0.2, 0.25) is 0 Å². The molecule has 1 aliphatic heterocycles. The van der Waals surface area contributed by atoms with E-state index in [4.69, 9.17) is 0 Å². The standard InChI is InChI=1S/C17H10N4O5/c22-8-5-6-10(9(7-8)16(23)24)18-13-14(17(25)26)20-21-12-4-2-1-3-11(12)19-15(13)21/h1-7,22H,(H,23,24)(H,25,26). The van der Waals surface area contributed by atoms with Gasteiger partial charge in [-0.2, -0.15) is 5.10 Å². The van der Waals surface area contributed by atoms with Crippen molar-refractivity contribution >= 4 is 40.1 Å². The molecule has 0 atom stereocenters. The molecule has 3 N–H and O–H groups in total. The smallest absolute Gasteiger partial charge is 0.358 e. The summed E-state index contributed by atoms with van der Waals surface area (Å²) in [7, 11) is 0. The van der Waals surface area contributed by atoms with Gasteiger partial charge in [-0.15, -0.1) is 0 Å². The number of aliphatic imine (C=N–C) groups is 1. The molecule has 3 aromatic rings. The van der Waals surface area contributed by atoms with Crippen LogP contribution in [-0.2, 0) is 4.79 Å². The fourth-order valence-electron chi connectivity index (χ4n) is 2.68. The maximum Gasteiger partial charge on any atom is 0.358 e. The molecule has 0 aliphatic carbocycles. The van der Waals surface area contributed by atoms with Crippen molar-refractivity contribution in [3.05, 3.63) is 53.9 Å². The van der Waals surface area contributed by atoms with E-state index < -0.39 is 11.9 Å². The first kappa shape index (κ1) is 15.5. The molecule has 1 aromatic heterocycles. The Morgan fingerprint density at radius 2 is 1.81 bits per heavy atom. The first-order valence-electron chi connectivity index (χ1n) is 7.41. The highest BCUT2D eigenvalue weighted by molar-refractivity contribution is 6.69.